The number of piperidine rings is 3. The highest BCUT2D eigenvalue weighted by Gasteiger charge is 2.33. The molecule has 4 rings (SSSR count). The van der Waals surface area contributed by atoms with Crippen molar-refractivity contribution in [3.8, 4) is 0 Å². The number of sulfonamides is 1. The predicted octanol–water partition coefficient (Wildman–Crippen LogP) is 0.840. The maximum Gasteiger partial charge on any atom is 0.238 e. The Kier molecular flexibility index (Phi) is 3.24. The van der Waals surface area contributed by atoms with Crippen molar-refractivity contribution in [3.05, 3.63) is 24.3 Å². The molecule has 104 valence electrons. The lowest BCUT2D eigenvalue weighted by atomic mass is 9.84. The van der Waals surface area contributed by atoms with E-state index in [9.17, 15) is 8.42 Å². The molecule has 6 heteroatoms. The molecule has 3 fully saturated rings. The van der Waals surface area contributed by atoms with Crippen molar-refractivity contribution >= 4 is 15.7 Å². The van der Waals surface area contributed by atoms with Gasteiger partial charge in [0, 0.05) is 18.3 Å². The zero-order valence-electron chi connectivity index (χ0n) is 10.7. The van der Waals surface area contributed by atoms with E-state index >= 15 is 0 Å². The van der Waals surface area contributed by atoms with E-state index in [4.69, 9.17) is 5.14 Å². The van der Waals surface area contributed by atoms with Crippen molar-refractivity contribution in [3.63, 3.8) is 0 Å². The van der Waals surface area contributed by atoms with E-state index in [0.29, 0.717) is 6.04 Å². The molecule has 19 heavy (non-hydrogen) atoms. The largest absolute Gasteiger partial charge is 0.381 e. The maximum atomic E-state index is 11.2. The molecule has 3 aliphatic rings. The van der Waals surface area contributed by atoms with Gasteiger partial charge in [-0.1, -0.05) is 0 Å². The molecule has 1 aromatic rings. The van der Waals surface area contributed by atoms with Crippen molar-refractivity contribution in [1.29, 1.82) is 0 Å². The fraction of sp³-hybridized carbons (Fsp3) is 0.538. The molecule has 3 N–H and O–H groups in total. The van der Waals surface area contributed by atoms with E-state index in [1.807, 2.05) is 0 Å². The number of rotatable bonds is 3. The molecule has 1 atom stereocenters. The number of hydrogen-bond donors (Lipinski definition) is 2. The lowest BCUT2D eigenvalue weighted by molar-refractivity contribution is 0.0975. The number of primary sulfonamides is 1. The second-order valence-electron chi connectivity index (χ2n) is 5.46. The Hall–Kier alpha value is -1.11. The average molecular weight is 281 g/mol. The van der Waals surface area contributed by atoms with Gasteiger partial charge in [-0.15, -0.1) is 0 Å². The van der Waals surface area contributed by atoms with E-state index in [1.54, 1.807) is 24.3 Å². The molecule has 5 nitrogen and oxygen atoms in total. The van der Waals surface area contributed by atoms with Crippen LogP contribution >= 0.6 is 0 Å². The Morgan fingerprint density at radius 2 is 1.79 bits per heavy atom. The van der Waals surface area contributed by atoms with E-state index in [2.05, 4.69) is 10.2 Å². The number of nitrogens with two attached hydrogens (primary N) is 1. The third kappa shape index (κ3) is 2.75. The Morgan fingerprint density at radius 3 is 2.26 bits per heavy atom. The van der Waals surface area contributed by atoms with Crippen LogP contribution in [-0.2, 0) is 10.0 Å². The van der Waals surface area contributed by atoms with E-state index in [1.165, 1.54) is 25.9 Å². The van der Waals surface area contributed by atoms with Gasteiger partial charge in [-0.25, -0.2) is 13.6 Å². The number of hydrogen-bond acceptors (Lipinski definition) is 4. The second-order valence-corrected chi connectivity index (χ2v) is 7.02. The third-order valence-electron chi connectivity index (χ3n) is 4.19. The van der Waals surface area contributed by atoms with Crippen molar-refractivity contribution < 1.29 is 8.42 Å². The molecule has 3 saturated heterocycles. The summed E-state index contributed by atoms with van der Waals surface area (Å²) in [6.07, 6.45) is 2.51. The zero-order chi connectivity index (χ0) is 13.5. The molecule has 0 aromatic heterocycles. The van der Waals surface area contributed by atoms with Crippen molar-refractivity contribution in [2.75, 3.05) is 25.0 Å². The molecule has 0 saturated carbocycles. The number of nitrogens with one attached hydrogen (secondary N) is 1. The van der Waals surface area contributed by atoms with Crippen LogP contribution in [0.4, 0.5) is 5.69 Å². The summed E-state index contributed by atoms with van der Waals surface area (Å²) >= 11 is 0. The molecule has 3 heterocycles. The normalized spacial score (nSPS) is 30.3. The van der Waals surface area contributed by atoms with Gasteiger partial charge >= 0.3 is 0 Å². The monoisotopic (exact) mass is 281 g/mol. The molecule has 0 amide bonds. The summed E-state index contributed by atoms with van der Waals surface area (Å²) in [5, 5.41) is 8.60. The van der Waals surface area contributed by atoms with Gasteiger partial charge in [0.05, 0.1) is 4.90 Å². The summed E-state index contributed by atoms with van der Waals surface area (Å²) in [7, 11) is -3.60. The first-order valence-corrected chi connectivity index (χ1v) is 8.19. The van der Waals surface area contributed by atoms with E-state index in [0.717, 1.165) is 18.2 Å². The molecule has 2 bridgehead atoms. The third-order valence-corrected chi connectivity index (χ3v) is 5.12. The van der Waals surface area contributed by atoms with Crippen LogP contribution in [0.15, 0.2) is 29.2 Å². The lowest BCUT2D eigenvalue weighted by Gasteiger charge is -2.45. The highest BCUT2D eigenvalue weighted by atomic mass is 32.2. The highest BCUT2D eigenvalue weighted by Crippen LogP contribution is 2.29. The van der Waals surface area contributed by atoms with Gasteiger partial charge in [0.1, 0.15) is 0 Å². The van der Waals surface area contributed by atoms with E-state index < -0.39 is 10.0 Å². The van der Waals surface area contributed by atoms with Crippen LogP contribution in [-0.4, -0.2) is 39.0 Å². The first kappa shape index (κ1) is 12.9. The van der Waals surface area contributed by atoms with Crippen molar-refractivity contribution in [1.82, 2.24) is 4.90 Å². The first-order valence-electron chi connectivity index (χ1n) is 6.64. The first-order chi connectivity index (χ1) is 9.02. The molecule has 0 radical (unpaired) electrons. The van der Waals surface area contributed by atoms with Gasteiger partial charge < -0.3 is 10.2 Å². The van der Waals surface area contributed by atoms with Gasteiger partial charge in [0.15, 0.2) is 0 Å². The Bertz CT molecular complexity index is 548. The smallest absolute Gasteiger partial charge is 0.238 e. The predicted molar refractivity (Wildman–Crippen MR) is 74.4 cm³/mol. The zero-order valence-corrected chi connectivity index (χ0v) is 11.6. The standard InChI is InChI=1S/C13H19N3O2S/c14-19(17,18)12-3-1-11(2-4-12)15-13-9-16-7-5-10(13)6-8-16/h1-4,10,13,15H,5-9H2,(H2,14,17,18). The Balaban J connectivity index is 1.70. The van der Waals surface area contributed by atoms with Gasteiger partial charge in [-0.2, -0.15) is 0 Å². The summed E-state index contributed by atoms with van der Waals surface area (Å²) in [5.41, 5.74) is 0.964. The van der Waals surface area contributed by atoms with Crippen molar-refractivity contribution in [2.24, 2.45) is 11.1 Å². The van der Waals surface area contributed by atoms with Gasteiger partial charge in [-0.3, -0.25) is 0 Å². The van der Waals surface area contributed by atoms with Crippen LogP contribution in [0.1, 0.15) is 12.8 Å². The summed E-state index contributed by atoms with van der Waals surface area (Å²) in [5.74, 6) is 0.739. The fourth-order valence-electron chi connectivity index (χ4n) is 3.08. The summed E-state index contributed by atoms with van der Waals surface area (Å²) in [6, 6.07) is 7.16. The molecule has 0 spiro atoms. The van der Waals surface area contributed by atoms with E-state index in [-0.39, 0.29) is 4.90 Å². The number of fused-ring (bicyclic) bond motifs is 3. The van der Waals surface area contributed by atoms with Gasteiger partial charge in [0.2, 0.25) is 10.0 Å². The minimum atomic E-state index is -3.60. The van der Waals surface area contributed by atoms with Crippen LogP contribution in [0.25, 0.3) is 0 Å². The lowest BCUT2D eigenvalue weighted by Crippen LogP contribution is -2.53. The van der Waals surface area contributed by atoms with Gasteiger partial charge in [-0.05, 0) is 56.1 Å². The molecule has 3 aliphatic heterocycles. The van der Waals surface area contributed by atoms with Crippen LogP contribution in [0.5, 0.6) is 0 Å². The number of anilines is 1. The van der Waals surface area contributed by atoms with Crippen LogP contribution in [0.3, 0.4) is 0 Å². The molecule has 1 unspecified atom stereocenters. The van der Waals surface area contributed by atoms with Crippen LogP contribution in [0.2, 0.25) is 0 Å². The molecule has 1 aromatic carbocycles. The molecular formula is C13H19N3O2S. The number of benzene rings is 1. The fourth-order valence-corrected chi connectivity index (χ4v) is 3.60. The van der Waals surface area contributed by atoms with Crippen LogP contribution < -0.4 is 10.5 Å². The summed E-state index contributed by atoms with van der Waals surface area (Å²) in [4.78, 5) is 2.64. The SMILES string of the molecule is NS(=O)(=O)c1ccc(NC2CN3CCC2CC3)cc1. The van der Waals surface area contributed by atoms with Crippen molar-refractivity contribution in [2.45, 2.75) is 23.8 Å². The minimum absolute atomic E-state index is 0.159. The topological polar surface area (TPSA) is 75.4 Å². The maximum absolute atomic E-state index is 11.2. The number of nitrogens with zero attached hydrogens (tertiary/aromatic N) is 1. The van der Waals surface area contributed by atoms with Gasteiger partial charge in [0.25, 0.3) is 0 Å². The summed E-state index contributed by atoms with van der Waals surface area (Å²) < 4.78 is 22.4. The van der Waals surface area contributed by atoms with Crippen LogP contribution in [0, 0.1) is 5.92 Å². The quantitative estimate of drug-likeness (QED) is 0.861. The molecular weight excluding hydrogens is 262 g/mol. The second kappa shape index (κ2) is 4.77. The highest BCUT2D eigenvalue weighted by molar-refractivity contribution is 7.89. The summed E-state index contributed by atoms with van der Waals surface area (Å²) in [6.45, 7) is 3.52. The average Bonchev–Trinajstić information content (AvgIpc) is 2.40. The Morgan fingerprint density at radius 1 is 1.16 bits per heavy atom. The molecule has 0 aliphatic carbocycles. The minimum Gasteiger partial charge on any atom is -0.381 e. The Labute approximate surface area is 113 Å².